The van der Waals surface area contributed by atoms with Gasteiger partial charge in [-0.05, 0) is 46.7 Å². The molecule has 0 saturated carbocycles. The van der Waals surface area contributed by atoms with Crippen LogP contribution in [0.2, 0.25) is 0 Å². The molecular formula is C25H19N5O6. The lowest BCUT2D eigenvalue weighted by Gasteiger charge is -2.07. The lowest BCUT2D eigenvalue weighted by Crippen LogP contribution is -2.25. The van der Waals surface area contributed by atoms with Gasteiger partial charge in [-0.2, -0.15) is 5.10 Å². The first kappa shape index (κ1) is 23.8. The maximum absolute atomic E-state index is 12.1. The van der Waals surface area contributed by atoms with E-state index in [4.69, 9.17) is 4.74 Å². The number of hydrazone groups is 1. The number of anilines is 1. The highest BCUT2D eigenvalue weighted by Crippen LogP contribution is 2.34. The summed E-state index contributed by atoms with van der Waals surface area (Å²) in [4.78, 5) is 32.8. The van der Waals surface area contributed by atoms with Crippen molar-refractivity contribution in [2.45, 2.75) is 0 Å². The number of ether oxygens (including phenoxy) is 1. The number of non-ortho nitro benzene ring substituents is 1. The monoisotopic (exact) mass is 485 g/mol. The number of amides is 1. The largest absolute Gasteiger partial charge is 0.450 e. The summed E-state index contributed by atoms with van der Waals surface area (Å²) in [5.74, 6) is -0.249. The van der Waals surface area contributed by atoms with Crippen molar-refractivity contribution in [2.24, 2.45) is 5.10 Å². The predicted molar refractivity (Wildman–Crippen MR) is 134 cm³/mol. The van der Waals surface area contributed by atoms with E-state index >= 15 is 0 Å². The van der Waals surface area contributed by atoms with E-state index in [0.717, 1.165) is 28.6 Å². The summed E-state index contributed by atoms with van der Waals surface area (Å²) in [5.41, 5.74) is 2.83. The molecule has 0 bridgehead atoms. The Hall–Kier alpha value is -5.32. The molecule has 0 saturated heterocycles. The van der Waals surface area contributed by atoms with Crippen LogP contribution in [0.4, 0.5) is 17.1 Å². The molecule has 1 amide bonds. The van der Waals surface area contributed by atoms with Crippen LogP contribution in [0.25, 0.3) is 10.8 Å². The zero-order valence-corrected chi connectivity index (χ0v) is 18.7. The van der Waals surface area contributed by atoms with Crippen molar-refractivity contribution in [3.63, 3.8) is 0 Å². The van der Waals surface area contributed by atoms with Crippen molar-refractivity contribution >= 4 is 40.0 Å². The number of hydrogen-bond acceptors (Lipinski definition) is 8. The number of nitrogens with one attached hydrogen (secondary N) is 2. The molecule has 11 nitrogen and oxygen atoms in total. The Morgan fingerprint density at radius 2 is 1.69 bits per heavy atom. The lowest BCUT2D eigenvalue weighted by molar-refractivity contribution is -0.394. The van der Waals surface area contributed by atoms with Crippen LogP contribution in [0.1, 0.15) is 5.56 Å². The molecule has 4 aromatic carbocycles. The van der Waals surface area contributed by atoms with Crippen molar-refractivity contribution in [2.75, 3.05) is 11.9 Å². The number of nitrogens with zero attached hydrogens (tertiary/aromatic N) is 3. The van der Waals surface area contributed by atoms with Crippen LogP contribution in [0.3, 0.4) is 0 Å². The molecule has 0 fully saturated rings. The fraction of sp³-hybridized carbons (Fsp3) is 0.0400. The Labute approximate surface area is 204 Å². The first-order valence-electron chi connectivity index (χ1n) is 10.6. The summed E-state index contributed by atoms with van der Waals surface area (Å²) < 4.78 is 5.57. The van der Waals surface area contributed by atoms with E-state index in [1.54, 1.807) is 24.3 Å². The molecule has 0 radical (unpaired) electrons. The molecule has 180 valence electrons. The second-order valence-electron chi connectivity index (χ2n) is 7.55. The van der Waals surface area contributed by atoms with Gasteiger partial charge in [0.25, 0.3) is 11.6 Å². The number of benzene rings is 4. The Morgan fingerprint density at radius 3 is 2.47 bits per heavy atom. The molecule has 0 heterocycles. The third-order valence-electron chi connectivity index (χ3n) is 5.04. The van der Waals surface area contributed by atoms with Crippen LogP contribution >= 0.6 is 0 Å². The summed E-state index contributed by atoms with van der Waals surface area (Å²) in [5, 5.41) is 31.3. The minimum Gasteiger partial charge on any atom is -0.450 e. The molecule has 0 unspecified atom stereocenters. The SMILES string of the molecule is O=C(CNc1ccc2ccccc2c1)N/N=C/c1cccc(Oc2ccc([N+](=O)[O-])cc2[N+](=O)[O-])c1. The maximum Gasteiger partial charge on any atom is 0.318 e. The van der Waals surface area contributed by atoms with E-state index in [9.17, 15) is 25.0 Å². The van der Waals surface area contributed by atoms with Gasteiger partial charge in [-0.25, -0.2) is 5.43 Å². The minimum absolute atomic E-state index is 0.0165. The average Bonchev–Trinajstić information content (AvgIpc) is 2.87. The molecule has 4 aromatic rings. The summed E-state index contributed by atoms with van der Waals surface area (Å²) in [6.07, 6.45) is 1.39. The summed E-state index contributed by atoms with van der Waals surface area (Å²) in [6.45, 7) is 0.0165. The van der Waals surface area contributed by atoms with Crippen LogP contribution in [-0.2, 0) is 4.79 Å². The van der Waals surface area contributed by atoms with E-state index in [2.05, 4.69) is 15.8 Å². The summed E-state index contributed by atoms with van der Waals surface area (Å²) >= 11 is 0. The van der Waals surface area contributed by atoms with Gasteiger partial charge in [-0.1, -0.05) is 42.5 Å². The molecule has 0 spiro atoms. The zero-order valence-electron chi connectivity index (χ0n) is 18.7. The summed E-state index contributed by atoms with van der Waals surface area (Å²) in [7, 11) is 0. The van der Waals surface area contributed by atoms with Gasteiger partial charge in [0, 0.05) is 11.8 Å². The normalized spacial score (nSPS) is 10.8. The Kier molecular flexibility index (Phi) is 7.11. The predicted octanol–water partition coefficient (Wildman–Crippen LogP) is 5.01. The smallest absolute Gasteiger partial charge is 0.318 e. The second-order valence-corrected chi connectivity index (χ2v) is 7.55. The molecule has 0 aromatic heterocycles. The zero-order chi connectivity index (χ0) is 25.5. The van der Waals surface area contributed by atoms with Crippen LogP contribution < -0.4 is 15.5 Å². The molecule has 2 N–H and O–H groups in total. The van der Waals surface area contributed by atoms with Crippen molar-refractivity contribution in [1.29, 1.82) is 0 Å². The van der Waals surface area contributed by atoms with E-state index in [1.807, 2.05) is 42.5 Å². The van der Waals surface area contributed by atoms with Crippen molar-refractivity contribution in [1.82, 2.24) is 5.43 Å². The standard InChI is InChI=1S/C25H19N5O6/c31-25(16-26-20-9-8-18-5-1-2-6-19(18)13-20)28-27-15-17-4-3-7-22(12-17)36-24-11-10-21(29(32)33)14-23(24)30(34)35/h1-15,26H,16H2,(H,28,31)/b27-15+. The highest BCUT2D eigenvalue weighted by Gasteiger charge is 2.21. The number of nitro benzene ring substituents is 2. The van der Waals surface area contributed by atoms with E-state index < -0.39 is 21.2 Å². The third kappa shape index (κ3) is 5.97. The van der Waals surface area contributed by atoms with E-state index in [1.165, 1.54) is 12.3 Å². The van der Waals surface area contributed by atoms with Gasteiger partial charge in [0.2, 0.25) is 5.75 Å². The van der Waals surface area contributed by atoms with Gasteiger partial charge >= 0.3 is 5.69 Å². The quantitative estimate of drug-likeness (QED) is 0.192. The van der Waals surface area contributed by atoms with Crippen molar-refractivity contribution < 1.29 is 19.4 Å². The van der Waals surface area contributed by atoms with Crippen LogP contribution in [0.5, 0.6) is 11.5 Å². The maximum atomic E-state index is 12.1. The molecule has 11 heteroatoms. The number of hydrogen-bond donors (Lipinski definition) is 2. The van der Waals surface area contributed by atoms with E-state index in [-0.39, 0.29) is 24.0 Å². The molecule has 4 rings (SSSR count). The van der Waals surface area contributed by atoms with Crippen molar-refractivity contribution in [3.05, 3.63) is 111 Å². The van der Waals surface area contributed by atoms with Gasteiger partial charge in [-0.15, -0.1) is 0 Å². The molecule has 0 aliphatic rings. The number of nitro groups is 2. The lowest BCUT2D eigenvalue weighted by atomic mass is 10.1. The van der Waals surface area contributed by atoms with Gasteiger partial charge in [0.15, 0.2) is 0 Å². The minimum atomic E-state index is -0.755. The Bertz CT molecular complexity index is 1490. The van der Waals surface area contributed by atoms with Gasteiger partial charge < -0.3 is 10.1 Å². The average molecular weight is 485 g/mol. The first-order valence-corrected chi connectivity index (χ1v) is 10.6. The second kappa shape index (κ2) is 10.7. The third-order valence-corrected chi connectivity index (χ3v) is 5.04. The molecule has 0 atom stereocenters. The Balaban J connectivity index is 1.35. The number of rotatable bonds is 9. The highest BCUT2D eigenvalue weighted by molar-refractivity contribution is 5.87. The fourth-order valence-electron chi connectivity index (χ4n) is 3.33. The number of fused-ring (bicyclic) bond motifs is 1. The van der Waals surface area contributed by atoms with Crippen LogP contribution in [-0.4, -0.2) is 28.5 Å². The van der Waals surface area contributed by atoms with Crippen LogP contribution in [0.15, 0.2) is 90.0 Å². The number of carbonyl (C=O) groups is 1. The molecule has 36 heavy (non-hydrogen) atoms. The topological polar surface area (TPSA) is 149 Å². The van der Waals surface area contributed by atoms with Crippen LogP contribution in [0, 0.1) is 20.2 Å². The van der Waals surface area contributed by atoms with Gasteiger partial charge in [0.1, 0.15) is 5.75 Å². The first-order chi connectivity index (χ1) is 17.4. The van der Waals surface area contributed by atoms with E-state index in [0.29, 0.717) is 5.56 Å². The highest BCUT2D eigenvalue weighted by atomic mass is 16.6. The van der Waals surface area contributed by atoms with Gasteiger partial charge in [-0.3, -0.25) is 25.0 Å². The van der Waals surface area contributed by atoms with Crippen molar-refractivity contribution in [3.8, 4) is 11.5 Å². The molecule has 0 aliphatic carbocycles. The fourth-order valence-corrected chi connectivity index (χ4v) is 3.33. The molecule has 0 aliphatic heterocycles. The summed E-state index contributed by atoms with van der Waals surface area (Å²) in [6, 6.07) is 23.3. The molecular weight excluding hydrogens is 466 g/mol. The van der Waals surface area contributed by atoms with Gasteiger partial charge in [0.05, 0.1) is 28.7 Å². The Morgan fingerprint density at radius 1 is 0.889 bits per heavy atom. The number of carbonyl (C=O) groups excluding carboxylic acids is 1.